The van der Waals surface area contributed by atoms with Gasteiger partial charge in [-0.2, -0.15) is 0 Å². The fourth-order valence-corrected chi connectivity index (χ4v) is 0. The van der Waals surface area contributed by atoms with Crippen LogP contribution in [-0.2, 0) is 38.7 Å². The van der Waals surface area contributed by atoms with Crippen LogP contribution < -0.4 is 0 Å². The third-order valence-electron chi connectivity index (χ3n) is 0. The summed E-state index contributed by atoms with van der Waals surface area (Å²) in [7, 11) is 0. The number of nitriles is 1. The molecule has 0 aliphatic rings. The van der Waals surface area contributed by atoms with Crippen molar-refractivity contribution >= 4 is 0 Å². The molecule has 0 N–H and O–H groups in total. The maximum Gasteiger partial charge on any atom is 0 e. The molecule has 0 bridgehead atoms. The largest absolute Gasteiger partial charge is 0 e. The van der Waals surface area contributed by atoms with Crippen LogP contribution in [0.1, 0.15) is 0 Å². The molecule has 0 saturated heterocycles. The van der Waals surface area contributed by atoms with E-state index in [1.807, 2.05) is 4.66 Å². The summed E-state index contributed by atoms with van der Waals surface area (Å²) in [5, 5.41) is 7.38. The van der Waals surface area contributed by atoms with Crippen molar-refractivity contribution in [2.45, 2.75) is 0 Å². The SMILES string of the molecule is N#[C][Zn].[Pd]. The maximum atomic E-state index is 7.38. The predicted molar refractivity (Wildman–Crippen MR) is 5.61 cm³/mol. The van der Waals surface area contributed by atoms with Gasteiger partial charge in [0.15, 0.2) is 0 Å². The number of hydrogen-bond acceptors (Lipinski definition) is 1. The molecule has 0 aliphatic carbocycles. The third-order valence-corrected chi connectivity index (χ3v) is 0. The Morgan fingerprint density at radius 3 is 1.75 bits per heavy atom. The average Bonchev–Trinajstić information content (AvgIpc) is 0.918. The van der Waals surface area contributed by atoms with E-state index in [1.165, 1.54) is 0 Å². The van der Waals surface area contributed by atoms with Crippen molar-refractivity contribution in [1.82, 2.24) is 0 Å². The molecular weight excluding hydrogens is 198 g/mol. The molecule has 0 spiro atoms. The monoisotopic (exact) mass is 196 g/mol. The van der Waals surface area contributed by atoms with E-state index in [-0.39, 0.29) is 20.4 Å². The molecule has 0 heterocycles. The van der Waals surface area contributed by atoms with Crippen LogP contribution in [0.3, 0.4) is 0 Å². The summed E-state index contributed by atoms with van der Waals surface area (Å²) < 4.78 is 1.88. The topological polar surface area (TPSA) is 23.8 Å². The van der Waals surface area contributed by atoms with E-state index in [2.05, 4.69) is 0 Å². The van der Waals surface area contributed by atoms with Crippen molar-refractivity contribution in [3.8, 4) is 4.66 Å². The number of rotatable bonds is 0. The predicted octanol–water partition coefficient (Wildman–Crippen LogP) is 0.0118. The summed E-state index contributed by atoms with van der Waals surface area (Å²) in [5.41, 5.74) is 0. The van der Waals surface area contributed by atoms with Gasteiger partial charge in [0.1, 0.15) is 0 Å². The molecule has 3 heteroatoms. The van der Waals surface area contributed by atoms with E-state index in [4.69, 9.17) is 5.26 Å². The summed E-state index contributed by atoms with van der Waals surface area (Å²) in [5.74, 6) is 0. The smallest absolute Gasteiger partial charge is 0 e. The fraction of sp³-hybridized carbons (Fsp3) is 0. The summed E-state index contributed by atoms with van der Waals surface area (Å²) in [6.45, 7) is 0. The van der Waals surface area contributed by atoms with Gasteiger partial charge in [-0.3, -0.25) is 0 Å². The van der Waals surface area contributed by atoms with Crippen LogP contribution >= 0.6 is 0 Å². The van der Waals surface area contributed by atoms with Crippen molar-refractivity contribution in [3.63, 3.8) is 0 Å². The standard InChI is InChI=1S/CN.Pd.Zn/c1-2;;. The Hall–Kier alpha value is 0.776. The van der Waals surface area contributed by atoms with Crippen LogP contribution in [0.4, 0.5) is 0 Å². The third kappa shape index (κ3) is 14.5. The van der Waals surface area contributed by atoms with Gasteiger partial charge in [0.05, 0.1) is 0 Å². The van der Waals surface area contributed by atoms with E-state index in [9.17, 15) is 0 Å². The van der Waals surface area contributed by atoms with E-state index < -0.39 is 0 Å². The molecule has 0 rings (SSSR count). The molecule has 0 aliphatic heterocycles. The minimum absolute atomic E-state index is 0. The van der Waals surface area contributed by atoms with Crippen LogP contribution in [-0.4, -0.2) is 0 Å². The molecule has 4 heavy (non-hydrogen) atoms. The molecule has 0 radical (unpaired) electrons. The van der Waals surface area contributed by atoms with Crippen molar-refractivity contribution in [1.29, 1.82) is 5.26 Å². The molecule has 1 nitrogen and oxygen atoms in total. The van der Waals surface area contributed by atoms with Crippen LogP contribution in [0.5, 0.6) is 0 Å². The Labute approximate surface area is 48.7 Å². The molecule has 0 amide bonds. The first-order valence-corrected chi connectivity index (χ1v) is 2.06. The van der Waals surface area contributed by atoms with Crippen molar-refractivity contribution in [2.75, 3.05) is 0 Å². The second kappa shape index (κ2) is 9.23. The first-order valence-electron chi connectivity index (χ1n) is 0.577. The van der Waals surface area contributed by atoms with E-state index in [0.717, 1.165) is 18.3 Å². The second-order valence-corrected chi connectivity index (χ2v) is 0.822. The van der Waals surface area contributed by atoms with Crippen molar-refractivity contribution < 1.29 is 38.7 Å². The minimum Gasteiger partial charge on any atom is 0 e. The van der Waals surface area contributed by atoms with Crippen LogP contribution in [0.2, 0.25) is 0 Å². The zero-order valence-electron chi connectivity index (χ0n) is 1.97. The molecule has 0 aromatic carbocycles. The van der Waals surface area contributed by atoms with Crippen LogP contribution in [0.15, 0.2) is 0 Å². The van der Waals surface area contributed by atoms with Crippen LogP contribution in [0.25, 0.3) is 0 Å². The van der Waals surface area contributed by atoms with Gasteiger partial charge >= 0.3 is 28.2 Å². The van der Waals surface area contributed by atoms with E-state index in [1.54, 1.807) is 0 Å². The Bertz CT molecular complexity index is 29.5. The second-order valence-electron chi connectivity index (χ2n) is 0.158. The number of hydrogen-bond donors (Lipinski definition) is 0. The maximum absolute atomic E-state index is 7.38. The molecule has 0 aromatic rings. The van der Waals surface area contributed by atoms with Crippen molar-refractivity contribution in [3.05, 3.63) is 0 Å². The summed E-state index contributed by atoms with van der Waals surface area (Å²) in [6.07, 6.45) is 0. The normalized spacial score (nSPS) is 2.25. The van der Waals surface area contributed by atoms with Gasteiger partial charge in [-0.05, 0) is 0 Å². The zero-order valence-corrected chi connectivity index (χ0v) is 6.49. The Morgan fingerprint density at radius 1 is 1.75 bits per heavy atom. The summed E-state index contributed by atoms with van der Waals surface area (Å²) >= 11 is 0.750. The Kier molecular flexibility index (Phi) is 20.4. The van der Waals surface area contributed by atoms with Gasteiger partial charge in [0, 0.05) is 20.4 Å². The molecule has 0 saturated carbocycles. The van der Waals surface area contributed by atoms with Gasteiger partial charge in [-0.1, -0.05) is 0 Å². The quantitative estimate of drug-likeness (QED) is 0.503. The fourth-order valence-electron chi connectivity index (χ4n) is 0. The molecule has 0 unspecified atom stereocenters. The van der Waals surface area contributed by atoms with Gasteiger partial charge in [-0.15, -0.1) is 0 Å². The molecule has 0 aromatic heterocycles. The molecular formula is CNPdZn. The van der Waals surface area contributed by atoms with Gasteiger partial charge in [0.2, 0.25) is 0 Å². The summed E-state index contributed by atoms with van der Waals surface area (Å²) in [4.78, 5) is 0. The van der Waals surface area contributed by atoms with Gasteiger partial charge < -0.3 is 0 Å². The first-order chi connectivity index (χ1) is 1.41. The van der Waals surface area contributed by atoms with Gasteiger partial charge in [-0.25, -0.2) is 0 Å². The number of nitrogens with zero attached hydrogens (tertiary/aromatic N) is 1. The zero-order chi connectivity index (χ0) is 2.71. The van der Waals surface area contributed by atoms with E-state index in [0.29, 0.717) is 0 Å². The molecule has 0 fully saturated rings. The Balaban J connectivity index is 0. The van der Waals surface area contributed by atoms with Gasteiger partial charge in [0.25, 0.3) is 0 Å². The first kappa shape index (κ1) is 8.84. The minimum atomic E-state index is 0. The molecule has 21 valence electrons. The van der Waals surface area contributed by atoms with E-state index >= 15 is 0 Å². The average molecular weight is 198 g/mol. The van der Waals surface area contributed by atoms with Crippen molar-refractivity contribution in [2.24, 2.45) is 0 Å². The molecule has 0 atom stereocenters. The Morgan fingerprint density at radius 2 is 1.75 bits per heavy atom. The van der Waals surface area contributed by atoms with Crippen LogP contribution in [0, 0.1) is 9.93 Å². The summed E-state index contributed by atoms with van der Waals surface area (Å²) in [6, 6.07) is 0.